The number of hydrogen-bond donors (Lipinski definition) is 0. The van der Waals surface area contributed by atoms with Crippen LogP contribution >= 0.6 is 0 Å². The number of rotatable bonds is 5. The maximum Gasteiger partial charge on any atom is 0.267 e. The molecular weight excluding hydrogens is 356 g/mol. The highest BCUT2D eigenvalue weighted by Gasteiger charge is 2.14. The topological polar surface area (TPSA) is 70.4 Å². The second kappa shape index (κ2) is 7.68. The Morgan fingerprint density at radius 2 is 1.75 bits per heavy atom. The molecule has 28 heavy (non-hydrogen) atoms. The van der Waals surface area contributed by atoms with Crippen LogP contribution in [0.15, 0.2) is 59.4 Å². The van der Waals surface area contributed by atoms with E-state index < -0.39 is 0 Å². The van der Waals surface area contributed by atoms with E-state index in [2.05, 4.69) is 5.10 Å². The number of carbonyl (C=O) groups excluding carboxylic acids is 1. The molecule has 3 aromatic rings. The first kappa shape index (κ1) is 18.0. The summed E-state index contributed by atoms with van der Waals surface area (Å²) in [6, 6.07) is 16.4. The molecule has 0 bridgehead atoms. The molecule has 2 heterocycles. The van der Waals surface area contributed by atoms with E-state index in [1.54, 1.807) is 12.1 Å². The maximum atomic E-state index is 12.5. The number of benzene rings is 2. The van der Waals surface area contributed by atoms with Gasteiger partial charge in [0.1, 0.15) is 19.8 Å². The summed E-state index contributed by atoms with van der Waals surface area (Å²) >= 11 is 0. The minimum Gasteiger partial charge on any atom is -0.486 e. The fraction of sp³-hybridized carbons (Fsp3) is 0.227. The quantitative estimate of drug-likeness (QED) is 0.685. The Bertz CT molecular complexity index is 1070. The summed E-state index contributed by atoms with van der Waals surface area (Å²) in [4.78, 5) is 24.7. The van der Waals surface area contributed by atoms with Crippen molar-refractivity contribution in [3.8, 4) is 22.8 Å². The molecule has 4 rings (SSSR count). The molecule has 0 spiro atoms. The molecule has 0 aliphatic carbocycles. The van der Waals surface area contributed by atoms with Gasteiger partial charge in [0, 0.05) is 18.1 Å². The van der Waals surface area contributed by atoms with Crippen molar-refractivity contribution in [2.24, 2.45) is 0 Å². The summed E-state index contributed by atoms with van der Waals surface area (Å²) < 4.78 is 12.3. The van der Waals surface area contributed by atoms with Gasteiger partial charge in [-0.25, -0.2) is 4.68 Å². The van der Waals surface area contributed by atoms with Crippen LogP contribution in [-0.4, -0.2) is 28.8 Å². The van der Waals surface area contributed by atoms with Crippen molar-refractivity contribution in [1.29, 1.82) is 0 Å². The monoisotopic (exact) mass is 376 g/mol. The van der Waals surface area contributed by atoms with Gasteiger partial charge in [0.25, 0.3) is 5.56 Å². The van der Waals surface area contributed by atoms with Crippen LogP contribution in [0.25, 0.3) is 11.3 Å². The molecule has 6 heteroatoms. The largest absolute Gasteiger partial charge is 0.486 e. The summed E-state index contributed by atoms with van der Waals surface area (Å²) in [5, 5.41) is 4.36. The Hall–Kier alpha value is -3.41. The third-order valence-corrected chi connectivity index (χ3v) is 4.55. The Kier molecular flexibility index (Phi) is 4.93. The molecule has 0 amide bonds. The normalized spacial score (nSPS) is 12.6. The molecule has 0 N–H and O–H groups in total. The van der Waals surface area contributed by atoms with Crippen molar-refractivity contribution in [1.82, 2.24) is 9.78 Å². The number of aromatic nitrogens is 2. The average Bonchev–Trinajstić information content (AvgIpc) is 2.70. The Morgan fingerprint density at radius 3 is 2.54 bits per heavy atom. The number of aryl methyl sites for hydroxylation is 1. The second-order valence-electron chi connectivity index (χ2n) is 6.77. The summed E-state index contributed by atoms with van der Waals surface area (Å²) in [5.41, 5.74) is 3.22. The summed E-state index contributed by atoms with van der Waals surface area (Å²) in [6.45, 7) is 2.95. The highest BCUT2D eigenvalue weighted by molar-refractivity contribution is 5.80. The third-order valence-electron chi connectivity index (χ3n) is 4.55. The van der Waals surface area contributed by atoms with Gasteiger partial charge < -0.3 is 9.47 Å². The number of ether oxygens (including phenoxy) is 2. The van der Waals surface area contributed by atoms with Gasteiger partial charge in [-0.3, -0.25) is 9.59 Å². The van der Waals surface area contributed by atoms with Crippen LogP contribution in [0.1, 0.15) is 11.1 Å². The summed E-state index contributed by atoms with van der Waals surface area (Å²) in [5.74, 6) is 1.23. The van der Waals surface area contributed by atoms with E-state index in [0.29, 0.717) is 30.4 Å². The lowest BCUT2D eigenvalue weighted by Crippen LogP contribution is -2.27. The standard InChI is InChI=1S/C22H20N2O4/c1-15-2-5-17(6-3-15)19-7-9-22(26)24(23-19)14-18(25)12-16-4-8-20-21(13-16)28-11-10-27-20/h2-9,13H,10-12,14H2,1H3. The zero-order valence-corrected chi connectivity index (χ0v) is 15.6. The SMILES string of the molecule is Cc1ccc(-c2ccc(=O)n(CC(=O)Cc3ccc4c(c3)OCCO4)n2)cc1. The fourth-order valence-corrected chi connectivity index (χ4v) is 3.09. The van der Waals surface area contributed by atoms with Gasteiger partial charge in [-0.1, -0.05) is 35.9 Å². The second-order valence-corrected chi connectivity index (χ2v) is 6.77. The lowest BCUT2D eigenvalue weighted by molar-refractivity contribution is -0.119. The molecule has 1 aliphatic rings. The lowest BCUT2D eigenvalue weighted by Gasteiger charge is -2.18. The molecule has 0 atom stereocenters. The van der Waals surface area contributed by atoms with E-state index in [4.69, 9.17) is 9.47 Å². The predicted octanol–water partition coefficient (Wildman–Crippen LogP) is 2.80. The summed E-state index contributed by atoms with van der Waals surface area (Å²) in [6.07, 6.45) is 0.194. The van der Waals surface area contributed by atoms with Gasteiger partial charge in [-0.15, -0.1) is 0 Å². The number of carbonyl (C=O) groups is 1. The van der Waals surface area contributed by atoms with Crippen LogP contribution in [0.4, 0.5) is 0 Å². The van der Waals surface area contributed by atoms with Crippen LogP contribution in [0.5, 0.6) is 11.5 Å². The minimum atomic E-state index is -0.300. The zero-order valence-electron chi connectivity index (χ0n) is 15.6. The molecule has 0 saturated heterocycles. The van der Waals surface area contributed by atoms with Crippen molar-refractivity contribution >= 4 is 5.78 Å². The van der Waals surface area contributed by atoms with Crippen LogP contribution < -0.4 is 15.0 Å². The minimum absolute atomic E-state index is 0.0764. The van der Waals surface area contributed by atoms with E-state index in [9.17, 15) is 9.59 Å². The smallest absolute Gasteiger partial charge is 0.267 e. The van der Waals surface area contributed by atoms with Crippen molar-refractivity contribution in [2.75, 3.05) is 13.2 Å². The van der Waals surface area contributed by atoms with Gasteiger partial charge >= 0.3 is 0 Å². The molecule has 6 nitrogen and oxygen atoms in total. The third kappa shape index (κ3) is 3.96. The first-order valence-corrected chi connectivity index (χ1v) is 9.14. The first-order valence-electron chi connectivity index (χ1n) is 9.14. The van der Waals surface area contributed by atoms with Crippen molar-refractivity contribution < 1.29 is 14.3 Å². The van der Waals surface area contributed by atoms with Crippen molar-refractivity contribution in [3.05, 3.63) is 76.1 Å². The Labute approximate surface area is 162 Å². The molecule has 2 aromatic carbocycles. The molecule has 142 valence electrons. The van der Waals surface area contributed by atoms with Gasteiger partial charge in [0.2, 0.25) is 0 Å². The number of fused-ring (bicyclic) bond motifs is 1. The van der Waals surface area contributed by atoms with Gasteiger partial charge in [-0.2, -0.15) is 5.10 Å². The van der Waals surface area contributed by atoms with Crippen LogP contribution in [-0.2, 0) is 17.8 Å². The molecule has 0 saturated carbocycles. The highest BCUT2D eigenvalue weighted by Crippen LogP contribution is 2.30. The van der Waals surface area contributed by atoms with E-state index >= 15 is 0 Å². The highest BCUT2D eigenvalue weighted by atomic mass is 16.6. The fourth-order valence-electron chi connectivity index (χ4n) is 3.09. The molecule has 0 unspecified atom stereocenters. The van der Waals surface area contributed by atoms with Gasteiger partial charge in [0.05, 0.1) is 5.69 Å². The number of ketones is 1. The van der Waals surface area contributed by atoms with Crippen molar-refractivity contribution in [3.63, 3.8) is 0 Å². The van der Waals surface area contributed by atoms with Gasteiger partial charge in [0.15, 0.2) is 17.3 Å². The van der Waals surface area contributed by atoms with Crippen LogP contribution in [0.2, 0.25) is 0 Å². The first-order chi connectivity index (χ1) is 13.6. The lowest BCUT2D eigenvalue weighted by atomic mass is 10.1. The van der Waals surface area contributed by atoms with Crippen molar-refractivity contribution in [2.45, 2.75) is 19.9 Å². The predicted molar refractivity (Wildman–Crippen MR) is 105 cm³/mol. The number of nitrogens with zero attached hydrogens (tertiary/aromatic N) is 2. The number of hydrogen-bond acceptors (Lipinski definition) is 5. The van der Waals surface area contributed by atoms with Gasteiger partial charge in [-0.05, 0) is 30.7 Å². The average molecular weight is 376 g/mol. The van der Waals surface area contributed by atoms with E-state index in [1.165, 1.54) is 10.7 Å². The molecule has 0 radical (unpaired) electrons. The molecule has 0 fully saturated rings. The van der Waals surface area contributed by atoms with Crippen LogP contribution in [0.3, 0.4) is 0 Å². The Balaban J connectivity index is 1.50. The zero-order chi connectivity index (χ0) is 19.5. The number of Topliss-reactive ketones (excluding diaryl/α,β-unsaturated/α-hetero) is 1. The Morgan fingerprint density at radius 1 is 1.00 bits per heavy atom. The van der Waals surface area contributed by atoms with E-state index in [-0.39, 0.29) is 24.3 Å². The van der Waals surface area contributed by atoms with Crippen LogP contribution in [0, 0.1) is 6.92 Å². The van der Waals surface area contributed by atoms with E-state index in [0.717, 1.165) is 16.7 Å². The summed E-state index contributed by atoms with van der Waals surface area (Å²) in [7, 11) is 0. The maximum absolute atomic E-state index is 12.5. The van der Waals surface area contributed by atoms with E-state index in [1.807, 2.05) is 43.3 Å². The molecule has 1 aromatic heterocycles. The molecular formula is C22H20N2O4. The molecule has 1 aliphatic heterocycles.